The number of hydrogen-bond acceptors (Lipinski definition) is 2. The van der Waals surface area contributed by atoms with Crippen LogP contribution in [0.4, 0.5) is 0 Å². The van der Waals surface area contributed by atoms with Crippen molar-refractivity contribution in [2.75, 3.05) is 0 Å². The summed E-state index contributed by atoms with van der Waals surface area (Å²) in [7, 11) is 0. The van der Waals surface area contributed by atoms with E-state index in [1.165, 1.54) is 5.56 Å². The molecule has 1 heterocycles. The molecule has 2 unspecified atom stereocenters. The van der Waals surface area contributed by atoms with Gasteiger partial charge in [-0.3, -0.25) is 4.68 Å². The van der Waals surface area contributed by atoms with Crippen LogP contribution in [-0.4, -0.2) is 15.8 Å². The van der Waals surface area contributed by atoms with Crippen LogP contribution in [0.5, 0.6) is 0 Å². The van der Waals surface area contributed by atoms with Gasteiger partial charge in [-0.15, -0.1) is 0 Å². The normalized spacial score (nSPS) is 16.7. The van der Waals surface area contributed by atoms with Crippen LogP contribution < -0.4 is 5.73 Å². The van der Waals surface area contributed by atoms with Crippen LogP contribution in [0.1, 0.15) is 39.3 Å². The molecule has 0 radical (unpaired) electrons. The number of hydrogen-bond donors (Lipinski definition) is 1. The highest BCUT2D eigenvalue weighted by molar-refractivity contribution is 5.02. The summed E-state index contributed by atoms with van der Waals surface area (Å²) in [4.78, 5) is 0. The fourth-order valence-corrected chi connectivity index (χ4v) is 2.01. The van der Waals surface area contributed by atoms with Gasteiger partial charge in [0.25, 0.3) is 0 Å². The SMILES string of the molecule is Cc1cnn(C(C(C)N)C(C)(C)C)c1. The van der Waals surface area contributed by atoms with Crippen molar-refractivity contribution in [3.8, 4) is 0 Å². The van der Waals surface area contributed by atoms with Crippen LogP contribution in [0.25, 0.3) is 0 Å². The lowest BCUT2D eigenvalue weighted by molar-refractivity contribution is 0.196. The topological polar surface area (TPSA) is 43.8 Å². The minimum absolute atomic E-state index is 0.106. The Hall–Kier alpha value is -0.830. The first-order chi connectivity index (χ1) is 6.32. The Balaban J connectivity index is 3.01. The summed E-state index contributed by atoms with van der Waals surface area (Å²) < 4.78 is 1.99. The average Bonchev–Trinajstić information content (AvgIpc) is 2.31. The third-order valence-corrected chi connectivity index (χ3v) is 2.40. The number of nitrogens with two attached hydrogens (primary N) is 1. The lowest BCUT2D eigenvalue weighted by Crippen LogP contribution is -2.38. The van der Waals surface area contributed by atoms with Gasteiger partial charge in [-0.1, -0.05) is 20.8 Å². The highest BCUT2D eigenvalue weighted by Gasteiger charge is 2.29. The van der Waals surface area contributed by atoms with Crippen molar-refractivity contribution in [1.29, 1.82) is 0 Å². The van der Waals surface area contributed by atoms with Gasteiger partial charge in [-0.2, -0.15) is 5.10 Å². The van der Waals surface area contributed by atoms with Crippen molar-refractivity contribution in [2.45, 2.75) is 46.7 Å². The Kier molecular flexibility index (Phi) is 3.00. The predicted molar refractivity (Wildman–Crippen MR) is 59.1 cm³/mol. The third-order valence-electron chi connectivity index (χ3n) is 2.40. The molecular formula is C11H21N3. The molecule has 0 aromatic carbocycles. The van der Waals surface area contributed by atoms with Crippen LogP contribution in [0, 0.1) is 12.3 Å². The van der Waals surface area contributed by atoms with Gasteiger partial charge in [0, 0.05) is 12.2 Å². The molecule has 0 saturated carbocycles. The Morgan fingerprint density at radius 1 is 1.43 bits per heavy atom. The Bertz CT molecular complexity index is 294. The quantitative estimate of drug-likeness (QED) is 0.785. The predicted octanol–water partition coefficient (Wildman–Crippen LogP) is 2.13. The number of nitrogens with zero attached hydrogens (tertiary/aromatic N) is 2. The Morgan fingerprint density at radius 2 is 2.00 bits per heavy atom. The van der Waals surface area contributed by atoms with Crippen molar-refractivity contribution in [2.24, 2.45) is 11.1 Å². The van der Waals surface area contributed by atoms with Gasteiger partial charge in [-0.05, 0) is 24.8 Å². The van der Waals surface area contributed by atoms with Crippen LogP contribution in [0.2, 0.25) is 0 Å². The first-order valence-corrected chi connectivity index (χ1v) is 5.08. The first kappa shape index (κ1) is 11.2. The van der Waals surface area contributed by atoms with Crippen LogP contribution >= 0.6 is 0 Å². The lowest BCUT2D eigenvalue weighted by Gasteiger charge is -2.33. The minimum atomic E-state index is 0.106. The molecule has 0 bridgehead atoms. The molecule has 0 spiro atoms. The molecule has 14 heavy (non-hydrogen) atoms. The molecule has 0 saturated heterocycles. The van der Waals surface area contributed by atoms with Crippen LogP contribution in [0.3, 0.4) is 0 Å². The number of aromatic nitrogens is 2. The second kappa shape index (κ2) is 3.73. The summed E-state index contributed by atoms with van der Waals surface area (Å²) in [5, 5.41) is 4.34. The standard InChI is InChI=1S/C11H21N3/c1-8-6-13-14(7-8)10(9(2)12)11(3,4)5/h6-7,9-10H,12H2,1-5H3. The van der Waals surface area contributed by atoms with E-state index in [9.17, 15) is 0 Å². The van der Waals surface area contributed by atoms with Crippen molar-refractivity contribution in [3.05, 3.63) is 18.0 Å². The highest BCUT2D eigenvalue weighted by atomic mass is 15.3. The van der Waals surface area contributed by atoms with Crippen LogP contribution in [-0.2, 0) is 0 Å². The Labute approximate surface area is 86.3 Å². The fraction of sp³-hybridized carbons (Fsp3) is 0.727. The summed E-state index contributed by atoms with van der Waals surface area (Å²) in [6.07, 6.45) is 3.93. The third kappa shape index (κ3) is 2.35. The van der Waals surface area contributed by atoms with E-state index >= 15 is 0 Å². The van der Waals surface area contributed by atoms with Crippen molar-refractivity contribution >= 4 is 0 Å². The van der Waals surface area contributed by atoms with E-state index in [-0.39, 0.29) is 17.5 Å². The summed E-state index contributed by atoms with van der Waals surface area (Å²) >= 11 is 0. The zero-order chi connectivity index (χ0) is 10.9. The second-order valence-electron chi connectivity index (χ2n) is 5.17. The average molecular weight is 195 g/mol. The lowest BCUT2D eigenvalue weighted by atomic mass is 9.83. The molecule has 1 aromatic rings. The van der Waals surface area contributed by atoms with E-state index in [0.29, 0.717) is 0 Å². The van der Waals surface area contributed by atoms with Crippen molar-refractivity contribution in [1.82, 2.24) is 9.78 Å². The summed E-state index contributed by atoms with van der Waals surface area (Å²) in [6, 6.07) is 0.352. The molecule has 2 atom stereocenters. The molecule has 0 aliphatic rings. The monoisotopic (exact) mass is 195 g/mol. The maximum atomic E-state index is 6.00. The van der Waals surface area contributed by atoms with Gasteiger partial charge in [0.05, 0.1) is 12.2 Å². The number of rotatable bonds is 2. The summed E-state index contributed by atoms with van der Waals surface area (Å²) in [5.41, 5.74) is 7.32. The minimum Gasteiger partial charge on any atom is -0.326 e. The maximum absolute atomic E-state index is 6.00. The first-order valence-electron chi connectivity index (χ1n) is 5.08. The maximum Gasteiger partial charge on any atom is 0.0715 e. The molecule has 0 fully saturated rings. The molecule has 0 aliphatic carbocycles. The van der Waals surface area contributed by atoms with E-state index in [2.05, 4.69) is 32.1 Å². The molecule has 80 valence electrons. The molecule has 3 heteroatoms. The van der Waals surface area contributed by atoms with E-state index in [1.807, 2.05) is 24.7 Å². The van der Waals surface area contributed by atoms with Gasteiger partial charge >= 0.3 is 0 Å². The van der Waals surface area contributed by atoms with Gasteiger partial charge in [0.2, 0.25) is 0 Å². The highest BCUT2D eigenvalue weighted by Crippen LogP contribution is 2.32. The van der Waals surface area contributed by atoms with Gasteiger partial charge < -0.3 is 5.73 Å². The molecule has 1 rings (SSSR count). The van der Waals surface area contributed by atoms with Gasteiger partial charge in [0.15, 0.2) is 0 Å². The fourth-order valence-electron chi connectivity index (χ4n) is 2.01. The zero-order valence-electron chi connectivity index (χ0n) is 9.78. The zero-order valence-corrected chi connectivity index (χ0v) is 9.78. The molecule has 0 amide bonds. The molecular weight excluding hydrogens is 174 g/mol. The van der Waals surface area contributed by atoms with E-state index in [1.54, 1.807) is 0 Å². The molecule has 0 aliphatic heterocycles. The second-order valence-corrected chi connectivity index (χ2v) is 5.17. The van der Waals surface area contributed by atoms with Gasteiger partial charge in [0.1, 0.15) is 0 Å². The summed E-state index contributed by atoms with van der Waals surface area (Å²) in [5.74, 6) is 0. The largest absolute Gasteiger partial charge is 0.326 e. The van der Waals surface area contributed by atoms with Crippen molar-refractivity contribution < 1.29 is 0 Å². The molecule has 1 aromatic heterocycles. The van der Waals surface area contributed by atoms with E-state index in [0.717, 1.165) is 0 Å². The summed E-state index contributed by atoms with van der Waals surface area (Å²) in [6.45, 7) is 10.7. The molecule has 3 nitrogen and oxygen atoms in total. The van der Waals surface area contributed by atoms with E-state index in [4.69, 9.17) is 5.73 Å². The van der Waals surface area contributed by atoms with Crippen LogP contribution in [0.15, 0.2) is 12.4 Å². The van der Waals surface area contributed by atoms with Crippen molar-refractivity contribution in [3.63, 3.8) is 0 Å². The Morgan fingerprint density at radius 3 is 2.29 bits per heavy atom. The molecule has 2 N–H and O–H groups in total. The van der Waals surface area contributed by atoms with Gasteiger partial charge in [-0.25, -0.2) is 0 Å². The smallest absolute Gasteiger partial charge is 0.0715 e. The number of aryl methyl sites for hydroxylation is 1. The van der Waals surface area contributed by atoms with E-state index < -0.39 is 0 Å².